The van der Waals surface area contributed by atoms with Gasteiger partial charge in [0.15, 0.2) is 0 Å². The van der Waals surface area contributed by atoms with Crippen LogP contribution in [-0.4, -0.2) is 14.8 Å². The molecule has 0 aliphatic rings. The zero-order chi connectivity index (χ0) is 13.4. The van der Waals surface area contributed by atoms with E-state index in [4.69, 9.17) is 5.73 Å². The average Bonchev–Trinajstić information content (AvgIpc) is 2.84. The molecular formula is C15H16N4. The lowest BCUT2D eigenvalue weighted by Crippen LogP contribution is -2.12. The van der Waals surface area contributed by atoms with E-state index in [1.54, 1.807) is 4.68 Å². The van der Waals surface area contributed by atoms with Crippen LogP contribution in [0, 0.1) is 6.92 Å². The van der Waals surface area contributed by atoms with E-state index in [1.807, 2.05) is 44.4 Å². The Hall–Kier alpha value is -2.20. The van der Waals surface area contributed by atoms with Gasteiger partial charge in [-0.2, -0.15) is 5.10 Å². The molecule has 0 saturated carbocycles. The first-order chi connectivity index (χ1) is 9.13. The van der Waals surface area contributed by atoms with E-state index >= 15 is 0 Å². The molecule has 0 spiro atoms. The third-order valence-corrected chi connectivity index (χ3v) is 3.26. The van der Waals surface area contributed by atoms with Gasteiger partial charge in [-0.3, -0.25) is 9.67 Å². The van der Waals surface area contributed by atoms with Crippen molar-refractivity contribution in [3.63, 3.8) is 0 Å². The predicted molar refractivity (Wildman–Crippen MR) is 75.7 cm³/mol. The molecule has 1 atom stereocenters. The molecule has 0 aliphatic carbocycles. The summed E-state index contributed by atoms with van der Waals surface area (Å²) in [6.45, 7) is 1.99. The average molecular weight is 252 g/mol. The van der Waals surface area contributed by atoms with Gasteiger partial charge in [0, 0.05) is 24.3 Å². The zero-order valence-corrected chi connectivity index (χ0v) is 11.0. The highest BCUT2D eigenvalue weighted by Gasteiger charge is 2.12. The topological polar surface area (TPSA) is 56.7 Å². The minimum atomic E-state index is -0.202. The number of fused-ring (bicyclic) bond motifs is 1. The molecular weight excluding hydrogens is 236 g/mol. The Balaban J connectivity index is 2.03. The van der Waals surface area contributed by atoms with Crippen LogP contribution in [0.25, 0.3) is 10.9 Å². The fourth-order valence-corrected chi connectivity index (χ4v) is 2.21. The number of benzene rings is 1. The second-order valence-corrected chi connectivity index (χ2v) is 4.80. The van der Waals surface area contributed by atoms with Crippen LogP contribution in [0.4, 0.5) is 0 Å². The normalized spacial score (nSPS) is 12.8. The summed E-state index contributed by atoms with van der Waals surface area (Å²) in [4.78, 5) is 4.49. The Labute approximate surface area is 111 Å². The van der Waals surface area contributed by atoms with Crippen molar-refractivity contribution < 1.29 is 0 Å². The van der Waals surface area contributed by atoms with Gasteiger partial charge < -0.3 is 5.73 Å². The standard InChI is InChI=1S/C15H16N4/c1-10-3-4-11-9-12(5-6-13(11)17-10)15(16)14-7-8-19(2)18-14/h3-9,15H,16H2,1-2H3. The summed E-state index contributed by atoms with van der Waals surface area (Å²) < 4.78 is 1.77. The fraction of sp³-hybridized carbons (Fsp3) is 0.200. The molecule has 0 amide bonds. The molecule has 0 saturated heterocycles. The Kier molecular flexibility index (Phi) is 2.80. The van der Waals surface area contributed by atoms with Crippen LogP contribution < -0.4 is 5.73 Å². The van der Waals surface area contributed by atoms with Crippen LogP contribution in [0.1, 0.15) is 23.0 Å². The van der Waals surface area contributed by atoms with Crippen molar-refractivity contribution in [1.82, 2.24) is 14.8 Å². The van der Waals surface area contributed by atoms with Crippen molar-refractivity contribution in [3.8, 4) is 0 Å². The van der Waals surface area contributed by atoms with E-state index in [-0.39, 0.29) is 6.04 Å². The van der Waals surface area contributed by atoms with E-state index in [0.29, 0.717) is 0 Å². The molecule has 2 N–H and O–H groups in total. The minimum absolute atomic E-state index is 0.202. The molecule has 4 heteroatoms. The number of hydrogen-bond donors (Lipinski definition) is 1. The van der Waals surface area contributed by atoms with Crippen LogP contribution in [0.2, 0.25) is 0 Å². The molecule has 2 heterocycles. The summed E-state index contributed by atoms with van der Waals surface area (Å²) in [5.74, 6) is 0. The van der Waals surface area contributed by atoms with Crippen LogP contribution in [0.5, 0.6) is 0 Å². The van der Waals surface area contributed by atoms with Crippen molar-refractivity contribution in [1.29, 1.82) is 0 Å². The molecule has 96 valence electrons. The number of hydrogen-bond acceptors (Lipinski definition) is 3. The summed E-state index contributed by atoms with van der Waals surface area (Å²) in [6.07, 6.45) is 1.90. The highest BCUT2D eigenvalue weighted by molar-refractivity contribution is 5.79. The van der Waals surface area contributed by atoms with Crippen LogP contribution in [0.15, 0.2) is 42.6 Å². The van der Waals surface area contributed by atoms with Crippen molar-refractivity contribution in [2.75, 3.05) is 0 Å². The van der Waals surface area contributed by atoms with Crippen molar-refractivity contribution >= 4 is 10.9 Å². The first-order valence-corrected chi connectivity index (χ1v) is 6.26. The van der Waals surface area contributed by atoms with E-state index in [0.717, 1.165) is 27.9 Å². The maximum Gasteiger partial charge on any atom is 0.0837 e. The molecule has 2 aromatic heterocycles. The smallest absolute Gasteiger partial charge is 0.0837 e. The van der Waals surface area contributed by atoms with Crippen molar-refractivity contribution in [3.05, 3.63) is 59.5 Å². The number of pyridine rings is 1. The SMILES string of the molecule is Cc1ccc2cc(C(N)c3ccn(C)n3)ccc2n1. The third-order valence-electron chi connectivity index (χ3n) is 3.26. The van der Waals surface area contributed by atoms with Gasteiger partial charge in [0.2, 0.25) is 0 Å². The largest absolute Gasteiger partial charge is 0.319 e. The van der Waals surface area contributed by atoms with Gasteiger partial charge >= 0.3 is 0 Å². The van der Waals surface area contributed by atoms with Crippen LogP contribution in [-0.2, 0) is 7.05 Å². The zero-order valence-electron chi connectivity index (χ0n) is 11.0. The minimum Gasteiger partial charge on any atom is -0.319 e. The summed E-state index contributed by atoms with van der Waals surface area (Å²) in [6, 6.07) is 12.0. The quantitative estimate of drug-likeness (QED) is 0.761. The highest BCUT2D eigenvalue weighted by atomic mass is 15.3. The molecule has 4 nitrogen and oxygen atoms in total. The Bertz CT molecular complexity index is 730. The molecule has 19 heavy (non-hydrogen) atoms. The van der Waals surface area contributed by atoms with Gasteiger partial charge in [0.1, 0.15) is 0 Å². The summed E-state index contributed by atoms with van der Waals surface area (Å²) in [7, 11) is 1.89. The number of nitrogens with zero attached hydrogens (tertiary/aromatic N) is 3. The molecule has 0 radical (unpaired) electrons. The van der Waals surface area contributed by atoms with E-state index in [9.17, 15) is 0 Å². The molecule has 0 fully saturated rings. The van der Waals surface area contributed by atoms with E-state index in [1.165, 1.54) is 0 Å². The first-order valence-electron chi connectivity index (χ1n) is 6.26. The number of aromatic nitrogens is 3. The molecule has 1 unspecified atom stereocenters. The molecule has 3 rings (SSSR count). The molecule has 0 bridgehead atoms. The second kappa shape index (κ2) is 4.48. The van der Waals surface area contributed by atoms with Gasteiger partial charge in [-0.05, 0) is 36.8 Å². The monoisotopic (exact) mass is 252 g/mol. The lowest BCUT2D eigenvalue weighted by atomic mass is 10.0. The van der Waals surface area contributed by atoms with Crippen LogP contribution >= 0.6 is 0 Å². The van der Waals surface area contributed by atoms with Gasteiger partial charge in [-0.15, -0.1) is 0 Å². The Morgan fingerprint density at radius 2 is 2.00 bits per heavy atom. The second-order valence-electron chi connectivity index (χ2n) is 4.80. The predicted octanol–water partition coefficient (Wildman–Crippen LogP) is 2.32. The maximum atomic E-state index is 6.25. The number of aryl methyl sites for hydroxylation is 2. The van der Waals surface area contributed by atoms with Gasteiger partial charge in [0.25, 0.3) is 0 Å². The van der Waals surface area contributed by atoms with Crippen LogP contribution in [0.3, 0.4) is 0 Å². The maximum absolute atomic E-state index is 6.25. The highest BCUT2D eigenvalue weighted by Crippen LogP contribution is 2.22. The lowest BCUT2D eigenvalue weighted by molar-refractivity contribution is 0.716. The van der Waals surface area contributed by atoms with Gasteiger partial charge in [0.05, 0.1) is 17.3 Å². The molecule has 3 aromatic rings. The Morgan fingerprint density at radius 3 is 2.74 bits per heavy atom. The van der Waals surface area contributed by atoms with Crippen molar-refractivity contribution in [2.24, 2.45) is 12.8 Å². The molecule has 0 aliphatic heterocycles. The number of rotatable bonds is 2. The fourth-order valence-electron chi connectivity index (χ4n) is 2.21. The third kappa shape index (κ3) is 2.22. The van der Waals surface area contributed by atoms with Gasteiger partial charge in [-0.25, -0.2) is 0 Å². The first kappa shape index (κ1) is 11.9. The summed E-state index contributed by atoms with van der Waals surface area (Å²) in [5.41, 5.74) is 10.2. The number of nitrogens with two attached hydrogens (primary N) is 1. The van der Waals surface area contributed by atoms with E-state index < -0.39 is 0 Å². The lowest BCUT2D eigenvalue weighted by Gasteiger charge is -2.10. The molecule has 1 aromatic carbocycles. The summed E-state index contributed by atoms with van der Waals surface area (Å²) >= 11 is 0. The van der Waals surface area contributed by atoms with Gasteiger partial charge in [-0.1, -0.05) is 12.1 Å². The van der Waals surface area contributed by atoms with Crippen molar-refractivity contribution in [2.45, 2.75) is 13.0 Å². The van der Waals surface area contributed by atoms with E-state index in [2.05, 4.69) is 22.2 Å². The Morgan fingerprint density at radius 1 is 1.16 bits per heavy atom. The summed E-state index contributed by atoms with van der Waals surface area (Å²) in [5, 5.41) is 5.46.